The molecule has 0 aliphatic carbocycles. The van der Waals surface area contributed by atoms with Gasteiger partial charge in [0.2, 0.25) is 0 Å². The highest BCUT2D eigenvalue weighted by molar-refractivity contribution is 7.91. The Morgan fingerprint density at radius 1 is 1.13 bits per heavy atom. The molecule has 1 aliphatic heterocycles. The molecule has 1 saturated heterocycles. The van der Waals surface area contributed by atoms with Gasteiger partial charge in [-0.25, -0.2) is 18.1 Å². The van der Waals surface area contributed by atoms with E-state index >= 15 is 0 Å². The maximum atomic E-state index is 13.3. The number of nitrogens with zero attached hydrogens (tertiary/aromatic N) is 5. The van der Waals surface area contributed by atoms with E-state index in [-0.39, 0.29) is 29.1 Å². The molecule has 4 heterocycles. The minimum Gasteiger partial charge on any atom is -0.336 e. The molecule has 3 aromatic heterocycles. The Morgan fingerprint density at radius 3 is 2.45 bits per heavy atom. The molecule has 164 valence electrons. The van der Waals surface area contributed by atoms with Crippen molar-refractivity contribution in [3.8, 4) is 5.82 Å². The van der Waals surface area contributed by atoms with Crippen molar-refractivity contribution >= 4 is 38.9 Å². The topological polar surface area (TPSA) is 88.4 Å². The van der Waals surface area contributed by atoms with Gasteiger partial charge in [0.15, 0.2) is 5.82 Å². The fraction of sp³-hybridized carbons (Fsp3) is 0.350. The third kappa shape index (κ3) is 4.25. The zero-order valence-electron chi connectivity index (χ0n) is 17.1. The normalized spacial score (nSPS) is 15.5. The van der Waals surface area contributed by atoms with Gasteiger partial charge in [-0.1, -0.05) is 31.5 Å². The predicted molar refractivity (Wildman–Crippen MR) is 119 cm³/mol. The first kappa shape index (κ1) is 21.9. The Balaban J connectivity index is 1.52. The average Bonchev–Trinajstić information content (AvgIpc) is 3.41. The lowest BCUT2D eigenvalue weighted by Crippen LogP contribution is -2.50. The summed E-state index contributed by atoms with van der Waals surface area (Å²) in [6.45, 7) is 5.09. The number of rotatable bonds is 5. The first-order chi connectivity index (χ1) is 14.8. The highest BCUT2D eigenvalue weighted by atomic mass is 35.5. The first-order valence-electron chi connectivity index (χ1n) is 9.83. The molecule has 0 aromatic carbocycles. The van der Waals surface area contributed by atoms with Crippen molar-refractivity contribution in [2.45, 2.75) is 24.0 Å². The second-order valence-corrected chi connectivity index (χ2v) is 11.3. The van der Waals surface area contributed by atoms with E-state index in [0.29, 0.717) is 28.8 Å². The van der Waals surface area contributed by atoms with Crippen molar-refractivity contribution in [3.05, 3.63) is 58.3 Å². The standard InChI is InChI=1S/C20H22ClN5O3S2/c1-14(2)19-15(13-23-26(19)17-5-3-4-8-22-17)20(27)24-9-11-25(12-10-24)31(28,29)18-7-6-16(21)30-18/h3-8,13-14H,9-12H2,1-2H3. The number of pyridine rings is 1. The molecule has 0 unspecified atom stereocenters. The first-order valence-corrected chi connectivity index (χ1v) is 12.5. The third-order valence-corrected chi connectivity index (χ3v) is 8.72. The largest absolute Gasteiger partial charge is 0.336 e. The highest BCUT2D eigenvalue weighted by Crippen LogP contribution is 2.29. The van der Waals surface area contributed by atoms with Crippen molar-refractivity contribution in [2.24, 2.45) is 0 Å². The van der Waals surface area contributed by atoms with Gasteiger partial charge in [0.1, 0.15) is 4.21 Å². The quantitative estimate of drug-likeness (QED) is 0.560. The van der Waals surface area contributed by atoms with Crippen molar-refractivity contribution in [1.29, 1.82) is 0 Å². The van der Waals surface area contributed by atoms with E-state index in [1.54, 1.807) is 28.0 Å². The van der Waals surface area contributed by atoms with Gasteiger partial charge in [-0.3, -0.25) is 4.79 Å². The molecule has 8 nitrogen and oxygen atoms in total. The summed E-state index contributed by atoms with van der Waals surface area (Å²) >= 11 is 6.93. The SMILES string of the molecule is CC(C)c1c(C(=O)N2CCN(S(=O)(=O)c3ccc(Cl)s3)CC2)cnn1-c1ccccn1. The number of aromatic nitrogens is 3. The molecule has 0 atom stereocenters. The molecule has 3 aromatic rings. The molecular formula is C20H22ClN5O3S2. The lowest BCUT2D eigenvalue weighted by atomic mass is 10.0. The molecular weight excluding hydrogens is 458 g/mol. The van der Waals surface area contributed by atoms with Crippen LogP contribution < -0.4 is 0 Å². The predicted octanol–water partition coefficient (Wildman–Crippen LogP) is 3.25. The van der Waals surface area contributed by atoms with Gasteiger partial charge in [-0.05, 0) is 30.2 Å². The van der Waals surface area contributed by atoms with Crippen molar-refractivity contribution in [3.63, 3.8) is 0 Å². The Kier molecular flexibility index (Phi) is 6.16. The fourth-order valence-corrected chi connectivity index (χ4v) is 6.66. The number of amides is 1. The summed E-state index contributed by atoms with van der Waals surface area (Å²) in [4.78, 5) is 19.3. The van der Waals surface area contributed by atoms with E-state index in [4.69, 9.17) is 11.6 Å². The zero-order chi connectivity index (χ0) is 22.2. The number of carbonyl (C=O) groups excluding carboxylic acids is 1. The molecule has 4 rings (SSSR count). The smallest absolute Gasteiger partial charge is 0.257 e. The second-order valence-electron chi connectivity index (χ2n) is 7.45. The minimum absolute atomic E-state index is 0.0497. The second kappa shape index (κ2) is 8.70. The fourth-order valence-electron chi connectivity index (χ4n) is 3.61. The zero-order valence-corrected chi connectivity index (χ0v) is 19.5. The van der Waals surface area contributed by atoms with Crippen molar-refractivity contribution in [2.75, 3.05) is 26.2 Å². The summed E-state index contributed by atoms with van der Waals surface area (Å²) in [5, 5.41) is 4.41. The molecule has 0 bridgehead atoms. The lowest BCUT2D eigenvalue weighted by molar-refractivity contribution is 0.0696. The maximum Gasteiger partial charge on any atom is 0.257 e. The number of hydrogen-bond acceptors (Lipinski definition) is 6. The number of hydrogen-bond donors (Lipinski definition) is 0. The summed E-state index contributed by atoms with van der Waals surface area (Å²) in [7, 11) is -3.60. The molecule has 1 amide bonds. The van der Waals surface area contributed by atoms with E-state index in [1.807, 2.05) is 32.0 Å². The number of piperazine rings is 1. The van der Waals surface area contributed by atoms with E-state index in [2.05, 4.69) is 10.1 Å². The van der Waals surface area contributed by atoms with Crippen molar-refractivity contribution in [1.82, 2.24) is 24.0 Å². The number of halogens is 1. The molecule has 0 saturated carbocycles. The monoisotopic (exact) mass is 479 g/mol. The van der Waals surface area contributed by atoms with Crippen LogP contribution in [-0.2, 0) is 10.0 Å². The molecule has 0 N–H and O–H groups in total. The van der Waals surface area contributed by atoms with Crippen LogP contribution in [0.5, 0.6) is 0 Å². The highest BCUT2D eigenvalue weighted by Gasteiger charge is 2.33. The van der Waals surface area contributed by atoms with E-state index in [9.17, 15) is 13.2 Å². The van der Waals surface area contributed by atoms with E-state index in [1.165, 1.54) is 10.4 Å². The molecule has 1 aliphatic rings. The van der Waals surface area contributed by atoms with Crippen LogP contribution in [0.3, 0.4) is 0 Å². The molecule has 0 radical (unpaired) electrons. The average molecular weight is 480 g/mol. The van der Waals surface area contributed by atoms with Crippen LogP contribution in [0.2, 0.25) is 4.34 Å². The summed E-state index contributed by atoms with van der Waals surface area (Å²) < 4.78 is 29.4. The Morgan fingerprint density at radius 2 is 1.87 bits per heavy atom. The maximum absolute atomic E-state index is 13.3. The number of carbonyl (C=O) groups is 1. The summed E-state index contributed by atoms with van der Waals surface area (Å²) in [5.41, 5.74) is 1.30. The molecule has 11 heteroatoms. The van der Waals surface area contributed by atoms with Gasteiger partial charge in [0.05, 0.1) is 21.8 Å². The Labute approximate surface area is 190 Å². The molecule has 31 heavy (non-hydrogen) atoms. The summed E-state index contributed by atoms with van der Waals surface area (Å²) in [5.74, 6) is 0.548. The molecule has 1 fully saturated rings. The van der Waals surface area contributed by atoms with Crippen LogP contribution in [-0.4, -0.2) is 64.5 Å². The third-order valence-electron chi connectivity index (χ3n) is 5.12. The minimum atomic E-state index is -3.60. The van der Waals surface area contributed by atoms with E-state index < -0.39 is 10.0 Å². The van der Waals surface area contributed by atoms with Gasteiger partial charge >= 0.3 is 0 Å². The van der Waals surface area contributed by atoms with Gasteiger partial charge in [0, 0.05) is 32.4 Å². The van der Waals surface area contributed by atoms with Gasteiger partial charge in [0.25, 0.3) is 15.9 Å². The lowest BCUT2D eigenvalue weighted by Gasteiger charge is -2.33. The Hall–Kier alpha value is -2.27. The van der Waals surface area contributed by atoms with Gasteiger partial charge in [-0.15, -0.1) is 11.3 Å². The number of sulfonamides is 1. The van der Waals surface area contributed by atoms with Gasteiger partial charge < -0.3 is 4.90 Å². The summed E-state index contributed by atoms with van der Waals surface area (Å²) in [6.07, 6.45) is 3.26. The Bertz CT molecular complexity index is 1180. The van der Waals surface area contributed by atoms with Crippen LogP contribution in [0, 0.1) is 0 Å². The van der Waals surface area contributed by atoms with Gasteiger partial charge in [-0.2, -0.15) is 9.40 Å². The summed E-state index contributed by atoms with van der Waals surface area (Å²) in [6, 6.07) is 8.63. The van der Waals surface area contributed by atoms with Crippen LogP contribution in [0.4, 0.5) is 0 Å². The molecule has 0 spiro atoms. The van der Waals surface area contributed by atoms with Crippen LogP contribution in [0.1, 0.15) is 35.8 Å². The van der Waals surface area contributed by atoms with Crippen LogP contribution in [0.25, 0.3) is 5.82 Å². The van der Waals surface area contributed by atoms with E-state index in [0.717, 1.165) is 17.0 Å². The van der Waals surface area contributed by atoms with Crippen molar-refractivity contribution < 1.29 is 13.2 Å². The van der Waals surface area contributed by atoms with Crippen LogP contribution in [0.15, 0.2) is 46.9 Å². The van der Waals surface area contributed by atoms with Crippen LogP contribution >= 0.6 is 22.9 Å². The number of thiophene rings is 1.